The van der Waals surface area contributed by atoms with E-state index in [4.69, 9.17) is 0 Å². The zero-order valence-corrected chi connectivity index (χ0v) is 9.46. The summed E-state index contributed by atoms with van der Waals surface area (Å²) >= 11 is 0. The van der Waals surface area contributed by atoms with Crippen LogP contribution in [0, 0.1) is 5.92 Å². The van der Waals surface area contributed by atoms with Crippen molar-refractivity contribution >= 4 is 5.91 Å². The fourth-order valence-corrected chi connectivity index (χ4v) is 2.24. The molecule has 1 amide bonds. The number of carbonyl (C=O) groups is 1. The topological polar surface area (TPSA) is 44.4 Å². The molecule has 2 aliphatic rings. The molecule has 4 heteroatoms. The van der Waals surface area contributed by atoms with Crippen LogP contribution in [0.5, 0.6) is 0 Å². The van der Waals surface area contributed by atoms with Gasteiger partial charge in [0.2, 0.25) is 5.91 Å². The lowest BCUT2D eigenvalue weighted by Crippen LogP contribution is -2.53. The van der Waals surface area contributed by atoms with E-state index < -0.39 is 0 Å². The van der Waals surface area contributed by atoms with Gasteiger partial charge in [-0.2, -0.15) is 0 Å². The summed E-state index contributed by atoms with van der Waals surface area (Å²) < 4.78 is 0. The first-order valence-electron chi connectivity index (χ1n) is 5.96. The molecule has 4 nitrogen and oxygen atoms in total. The summed E-state index contributed by atoms with van der Waals surface area (Å²) in [7, 11) is 2.15. The lowest BCUT2D eigenvalue weighted by molar-refractivity contribution is -0.126. The highest BCUT2D eigenvalue weighted by Crippen LogP contribution is 2.14. The molecule has 1 atom stereocenters. The highest BCUT2D eigenvalue weighted by Gasteiger charge is 2.26. The molecule has 86 valence electrons. The number of nitrogens with one attached hydrogen (secondary N) is 2. The molecular formula is C11H21N3O. The van der Waals surface area contributed by atoms with Gasteiger partial charge in [0.15, 0.2) is 0 Å². The molecule has 2 saturated heterocycles. The maximum absolute atomic E-state index is 11.6. The molecule has 0 radical (unpaired) electrons. The van der Waals surface area contributed by atoms with E-state index >= 15 is 0 Å². The molecule has 15 heavy (non-hydrogen) atoms. The van der Waals surface area contributed by atoms with Crippen molar-refractivity contribution in [2.75, 3.05) is 33.2 Å². The van der Waals surface area contributed by atoms with Gasteiger partial charge in [-0.05, 0) is 26.4 Å². The lowest BCUT2D eigenvalue weighted by atomic mass is 10.0. The molecule has 0 bridgehead atoms. The summed E-state index contributed by atoms with van der Waals surface area (Å²) in [5.41, 5.74) is 0. The Morgan fingerprint density at radius 1 is 1.47 bits per heavy atom. The van der Waals surface area contributed by atoms with Gasteiger partial charge in [-0.3, -0.25) is 4.79 Å². The first-order valence-corrected chi connectivity index (χ1v) is 5.96. The smallest absolute Gasteiger partial charge is 0.225 e. The van der Waals surface area contributed by atoms with E-state index in [1.807, 2.05) is 0 Å². The monoisotopic (exact) mass is 211 g/mol. The van der Waals surface area contributed by atoms with Crippen LogP contribution in [-0.4, -0.2) is 50.1 Å². The normalized spacial score (nSPS) is 28.5. The largest absolute Gasteiger partial charge is 0.354 e. The standard InChI is InChI=1S/C11H21N3O/c1-14-5-3-2-4-10(14)8-13-11(15)9-6-12-7-9/h9-10,12H,2-8H2,1H3,(H,13,15). The van der Waals surface area contributed by atoms with E-state index in [9.17, 15) is 4.79 Å². The van der Waals surface area contributed by atoms with Crippen molar-refractivity contribution in [3.63, 3.8) is 0 Å². The predicted octanol–water partition coefficient (Wildman–Crippen LogP) is -0.194. The van der Waals surface area contributed by atoms with Gasteiger partial charge in [0.1, 0.15) is 0 Å². The van der Waals surface area contributed by atoms with Crippen molar-refractivity contribution in [3.05, 3.63) is 0 Å². The molecule has 1 unspecified atom stereocenters. The highest BCUT2D eigenvalue weighted by molar-refractivity contribution is 5.80. The van der Waals surface area contributed by atoms with Crippen molar-refractivity contribution in [2.24, 2.45) is 5.92 Å². The molecule has 0 aromatic carbocycles. The molecule has 2 heterocycles. The summed E-state index contributed by atoms with van der Waals surface area (Å²) in [5.74, 6) is 0.451. The van der Waals surface area contributed by atoms with E-state index in [-0.39, 0.29) is 11.8 Å². The van der Waals surface area contributed by atoms with Crippen molar-refractivity contribution in [1.82, 2.24) is 15.5 Å². The number of carbonyl (C=O) groups excluding carboxylic acids is 1. The number of likely N-dealkylation sites (N-methyl/N-ethyl adjacent to an activating group) is 1. The Kier molecular flexibility index (Phi) is 3.59. The Bertz CT molecular complexity index is 228. The van der Waals surface area contributed by atoms with Crippen molar-refractivity contribution in [1.29, 1.82) is 0 Å². The van der Waals surface area contributed by atoms with Gasteiger partial charge < -0.3 is 15.5 Å². The van der Waals surface area contributed by atoms with E-state index in [0.717, 1.165) is 19.6 Å². The summed E-state index contributed by atoms with van der Waals surface area (Å²) in [5, 5.41) is 6.18. The van der Waals surface area contributed by atoms with Gasteiger partial charge in [-0.25, -0.2) is 0 Å². The number of likely N-dealkylation sites (tertiary alicyclic amines) is 1. The molecule has 2 rings (SSSR count). The maximum Gasteiger partial charge on any atom is 0.225 e. The minimum atomic E-state index is 0.221. The Balaban J connectivity index is 1.69. The average molecular weight is 211 g/mol. The van der Waals surface area contributed by atoms with Crippen LogP contribution < -0.4 is 10.6 Å². The lowest BCUT2D eigenvalue weighted by Gasteiger charge is -2.33. The van der Waals surface area contributed by atoms with Crippen LogP contribution in [0.15, 0.2) is 0 Å². The van der Waals surface area contributed by atoms with Crippen LogP contribution in [0.4, 0.5) is 0 Å². The minimum Gasteiger partial charge on any atom is -0.354 e. The fraction of sp³-hybridized carbons (Fsp3) is 0.909. The Hall–Kier alpha value is -0.610. The number of hydrogen-bond acceptors (Lipinski definition) is 3. The van der Waals surface area contributed by atoms with E-state index in [0.29, 0.717) is 6.04 Å². The molecule has 0 aromatic heterocycles. The number of piperidine rings is 1. The van der Waals surface area contributed by atoms with Crippen LogP contribution in [0.3, 0.4) is 0 Å². The highest BCUT2D eigenvalue weighted by atomic mass is 16.2. The maximum atomic E-state index is 11.6. The van der Waals surface area contributed by atoms with Crippen molar-refractivity contribution < 1.29 is 4.79 Å². The van der Waals surface area contributed by atoms with Crippen LogP contribution >= 0.6 is 0 Å². The summed E-state index contributed by atoms with van der Waals surface area (Å²) in [6.45, 7) is 3.70. The van der Waals surface area contributed by atoms with Crippen LogP contribution in [0.1, 0.15) is 19.3 Å². The van der Waals surface area contributed by atoms with Gasteiger partial charge in [-0.15, -0.1) is 0 Å². The molecule has 0 saturated carbocycles. The molecule has 2 N–H and O–H groups in total. The number of rotatable bonds is 3. The second-order valence-corrected chi connectivity index (χ2v) is 4.73. The van der Waals surface area contributed by atoms with Crippen molar-refractivity contribution in [3.8, 4) is 0 Å². The second-order valence-electron chi connectivity index (χ2n) is 4.73. The van der Waals surface area contributed by atoms with E-state index in [1.54, 1.807) is 0 Å². The number of nitrogens with zero attached hydrogens (tertiary/aromatic N) is 1. The number of hydrogen-bond donors (Lipinski definition) is 2. The first kappa shape index (κ1) is 10.9. The molecule has 0 aliphatic carbocycles. The Morgan fingerprint density at radius 3 is 2.87 bits per heavy atom. The van der Waals surface area contributed by atoms with Gasteiger partial charge in [0.25, 0.3) is 0 Å². The molecular weight excluding hydrogens is 190 g/mol. The summed E-state index contributed by atoms with van der Waals surface area (Å²) in [6, 6.07) is 0.552. The van der Waals surface area contributed by atoms with Gasteiger partial charge in [0, 0.05) is 25.7 Å². The SMILES string of the molecule is CN1CCCCC1CNC(=O)C1CNC1. The Labute approximate surface area is 91.4 Å². The third-order valence-corrected chi connectivity index (χ3v) is 3.59. The van der Waals surface area contributed by atoms with Gasteiger partial charge in [0.05, 0.1) is 5.92 Å². The zero-order chi connectivity index (χ0) is 10.7. The number of amides is 1. The van der Waals surface area contributed by atoms with Crippen LogP contribution in [-0.2, 0) is 4.79 Å². The zero-order valence-electron chi connectivity index (χ0n) is 9.46. The van der Waals surface area contributed by atoms with E-state index in [1.165, 1.54) is 25.8 Å². The summed E-state index contributed by atoms with van der Waals surface area (Å²) in [6.07, 6.45) is 3.82. The van der Waals surface area contributed by atoms with Crippen LogP contribution in [0.2, 0.25) is 0 Å². The quantitative estimate of drug-likeness (QED) is 0.680. The van der Waals surface area contributed by atoms with E-state index in [2.05, 4.69) is 22.6 Å². The third kappa shape index (κ3) is 2.69. The fourth-order valence-electron chi connectivity index (χ4n) is 2.24. The molecule has 0 spiro atoms. The predicted molar refractivity (Wildman–Crippen MR) is 59.6 cm³/mol. The summed E-state index contributed by atoms with van der Waals surface area (Å²) in [4.78, 5) is 14.0. The average Bonchev–Trinajstić information content (AvgIpc) is 2.14. The minimum absolute atomic E-state index is 0.221. The molecule has 2 fully saturated rings. The van der Waals surface area contributed by atoms with Gasteiger partial charge in [-0.1, -0.05) is 6.42 Å². The first-order chi connectivity index (χ1) is 7.27. The van der Waals surface area contributed by atoms with Crippen molar-refractivity contribution in [2.45, 2.75) is 25.3 Å². The third-order valence-electron chi connectivity index (χ3n) is 3.59. The van der Waals surface area contributed by atoms with Crippen LogP contribution in [0.25, 0.3) is 0 Å². The second kappa shape index (κ2) is 4.94. The Morgan fingerprint density at radius 2 is 2.27 bits per heavy atom. The molecule has 0 aromatic rings. The van der Waals surface area contributed by atoms with Gasteiger partial charge >= 0.3 is 0 Å². The molecule has 2 aliphatic heterocycles.